The molecule has 0 aromatic heterocycles. The van der Waals surface area contributed by atoms with Gasteiger partial charge in [-0.25, -0.2) is 0 Å². The van der Waals surface area contributed by atoms with Gasteiger partial charge in [0.2, 0.25) is 0 Å². The van der Waals surface area contributed by atoms with E-state index in [2.05, 4.69) is 10.2 Å². The number of β-amino-alcohol motifs (C(OH)–C–C–N with tert-alkyl or cyclic N) is 1. The number of benzene rings is 2. The molecule has 0 saturated carbocycles. The average molecular weight is 354 g/mol. The maximum Gasteiger partial charge on any atom is 0.251 e. The number of likely N-dealkylation sites (tertiary alicyclic amines) is 1. The van der Waals surface area contributed by atoms with Gasteiger partial charge in [0.05, 0.1) is 0 Å². The Hall–Kier alpha value is -2.37. The first kappa shape index (κ1) is 18.4. The number of nitrogens with zero attached hydrogens (tertiary/aromatic N) is 1. The van der Waals surface area contributed by atoms with Crippen molar-refractivity contribution in [1.82, 2.24) is 10.2 Å². The first-order valence-corrected chi connectivity index (χ1v) is 9.15. The van der Waals surface area contributed by atoms with Gasteiger partial charge < -0.3 is 20.1 Å². The molecule has 1 aliphatic heterocycles. The molecule has 0 unspecified atom stereocenters. The van der Waals surface area contributed by atoms with Crippen LogP contribution in [0.25, 0.3) is 0 Å². The Morgan fingerprint density at radius 3 is 2.35 bits per heavy atom. The molecule has 2 N–H and O–H groups in total. The Balaban J connectivity index is 1.36. The summed E-state index contributed by atoms with van der Waals surface area (Å²) >= 11 is 0. The van der Waals surface area contributed by atoms with Gasteiger partial charge in [0.1, 0.15) is 18.5 Å². The van der Waals surface area contributed by atoms with Gasteiger partial charge in [-0.15, -0.1) is 0 Å². The van der Waals surface area contributed by atoms with Crippen LogP contribution in [-0.4, -0.2) is 54.3 Å². The number of nitrogens with one attached hydrogen (secondary N) is 1. The molecule has 1 atom stereocenters. The second-order valence-electron chi connectivity index (χ2n) is 6.69. The molecule has 1 amide bonds. The van der Waals surface area contributed by atoms with Gasteiger partial charge in [-0.1, -0.05) is 36.4 Å². The van der Waals surface area contributed by atoms with E-state index in [0.717, 1.165) is 31.7 Å². The molecule has 26 heavy (non-hydrogen) atoms. The number of aliphatic hydroxyl groups excluding tert-OH is 1. The Kier molecular flexibility index (Phi) is 6.63. The van der Waals surface area contributed by atoms with E-state index in [1.54, 1.807) is 0 Å². The second kappa shape index (κ2) is 9.36. The van der Waals surface area contributed by atoms with E-state index in [1.807, 2.05) is 60.7 Å². The predicted molar refractivity (Wildman–Crippen MR) is 101 cm³/mol. The summed E-state index contributed by atoms with van der Waals surface area (Å²) in [6.45, 7) is 2.60. The van der Waals surface area contributed by atoms with Crippen molar-refractivity contribution in [2.75, 3.05) is 26.2 Å². The number of piperidine rings is 1. The molecule has 1 aliphatic rings. The summed E-state index contributed by atoms with van der Waals surface area (Å²) in [5.41, 5.74) is 0.698. The molecule has 5 heteroatoms. The smallest absolute Gasteiger partial charge is 0.251 e. The van der Waals surface area contributed by atoms with E-state index in [4.69, 9.17) is 4.74 Å². The minimum atomic E-state index is -0.523. The quantitative estimate of drug-likeness (QED) is 0.801. The van der Waals surface area contributed by atoms with E-state index in [0.29, 0.717) is 12.1 Å². The number of rotatable bonds is 7. The summed E-state index contributed by atoms with van der Waals surface area (Å²) in [5.74, 6) is 0.759. The standard InChI is InChI=1S/C21H26N2O3/c24-19(16-26-20-9-5-2-6-10-20)15-23-13-11-18(12-14-23)22-21(25)17-7-3-1-4-8-17/h1-10,18-19,24H,11-16H2,(H,22,25)/t19-/m1/s1. The Morgan fingerprint density at radius 2 is 1.69 bits per heavy atom. The van der Waals surface area contributed by atoms with Crippen molar-refractivity contribution in [2.24, 2.45) is 0 Å². The van der Waals surface area contributed by atoms with Crippen LogP contribution in [0.5, 0.6) is 5.75 Å². The van der Waals surface area contributed by atoms with E-state index >= 15 is 0 Å². The highest BCUT2D eigenvalue weighted by Gasteiger charge is 2.22. The van der Waals surface area contributed by atoms with Crippen molar-refractivity contribution >= 4 is 5.91 Å². The van der Waals surface area contributed by atoms with Gasteiger partial charge in [0, 0.05) is 31.2 Å². The molecule has 0 radical (unpaired) electrons. The third kappa shape index (κ3) is 5.58. The lowest BCUT2D eigenvalue weighted by Crippen LogP contribution is -2.47. The van der Waals surface area contributed by atoms with Crippen LogP contribution in [0.4, 0.5) is 0 Å². The first-order valence-electron chi connectivity index (χ1n) is 9.15. The molecule has 1 fully saturated rings. The zero-order valence-corrected chi connectivity index (χ0v) is 14.9. The molecule has 5 nitrogen and oxygen atoms in total. The number of aliphatic hydroxyl groups is 1. The normalized spacial score (nSPS) is 16.8. The van der Waals surface area contributed by atoms with Gasteiger partial charge in [0.15, 0.2) is 0 Å². The Labute approximate surface area is 154 Å². The molecular weight excluding hydrogens is 328 g/mol. The zero-order chi connectivity index (χ0) is 18.2. The summed E-state index contributed by atoms with van der Waals surface area (Å²) in [5, 5.41) is 13.3. The van der Waals surface area contributed by atoms with Crippen LogP contribution in [0, 0.1) is 0 Å². The number of hydrogen-bond donors (Lipinski definition) is 2. The van der Waals surface area contributed by atoms with E-state index in [9.17, 15) is 9.90 Å². The number of carbonyl (C=O) groups is 1. The van der Waals surface area contributed by atoms with Crippen molar-refractivity contribution in [1.29, 1.82) is 0 Å². The molecule has 0 bridgehead atoms. The minimum Gasteiger partial charge on any atom is -0.491 e. The van der Waals surface area contributed by atoms with Crippen molar-refractivity contribution < 1.29 is 14.6 Å². The molecule has 0 aliphatic carbocycles. The highest BCUT2D eigenvalue weighted by Crippen LogP contribution is 2.13. The van der Waals surface area contributed by atoms with E-state index in [1.165, 1.54) is 0 Å². The van der Waals surface area contributed by atoms with Gasteiger partial charge in [0.25, 0.3) is 5.91 Å². The third-order valence-corrected chi connectivity index (χ3v) is 4.61. The van der Waals surface area contributed by atoms with Crippen molar-refractivity contribution in [3.05, 3.63) is 66.2 Å². The molecule has 0 spiro atoms. The number of hydrogen-bond acceptors (Lipinski definition) is 4. The number of amides is 1. The molecule has 2 aromatic rings. The summed E-state index contributed by atoms with van der Waals surface area (Å²) in [6.07, 6.45) is 1.26. The Bertz CT molecular complexity index is 670. The zero-order valence-electron chi connectivity index (χ0n) is 14.9. The molecule has 138 valence electrons. The van der Waals surface area contributed by atoms with Crippen LogP contribution in [0.3, 0.4) is 0 Å². The van der Waals surface area contributed by atoms with Crippen LogP contribution in [-0.2, 0) is 0 Å². The summed E-state index contributed by atoms with van der Waals surface area (Å²) in [6, 6.07) is 19.0. The number of para-hydroxylation sites is 1. The fraction of sp³-hybridized carbons (Fsp3) is 0.381. The van der Waals surface area contributed by atoms with Gasteiger partial charge in [-0.2, -0.15) is 0 Å². The van der Waals surface area contributed by atoms with Gasteiger partial charge in [-0.3, -0.25) is 4.79 Å². The highest BCUT2D eigenvalue weighted by atomic mass is 16.5. The van der Waals surface area contributed by atoms with Gasteiger partial charge >= 0.3 is 0 Å². The van der Waals surface area contributed by atoms with Crippen molar-refractivity contribution in [3.63, 3.8) is 0 Å². The van der Waals surface area contributed by atoms with Crippen LogP contribution in [0.15, 0.2) is 60.7 Å². The van der Waals surface area contributed by atoms with Crippen molar-refractivity contribution in [2.45, 2.75) is 25.0 Å². The molecule has 1 heterocycles. The highest BCUT2D eigenvalue weighted by molar-refractivity contribution is 5.94. The topological polar surface area (TPSA) is 61.8 Å². The molecule has 1 saturated heterocycles. The van der Waals surface area contributed by atoms with Crippen LogP contribution >= 0.6 is 0 Å². The maximum absolute atomic E-state index is 12.2. The number of carbonyl (C=O) groups excluding carboxylic acids is 1. The third-order valence-electron chi connectivity index (χ3n) is 4.61. The monoisotopic (exact) mass is 354 g/mol. The minimum absolute atomic E-state index is 0.0136. The van der Waals surface area contributed by atoms with Crippen LogP contribution in [0.2, 0.25) is 0 Å². The maximum atomic E-state index is 12.2. The van der Waals surface area contributed by atoms with Crippen LogP contribution in [0.1, 0.15) is 23.2 Å². The summed E-state index contributed by atoms with van der Waals surface area (Å²) < 4.78 is 5.60. The molecule has 3 rings (SSSR count). The van der Waals surface area contributed by atoms with E-state index in [-0.39, 0.29) is 18.6 Å². The molecular formula is C21H26N2O3. The number of ether oxygens (including phenoxy) is 1. The fourth-order valence-electron chi connectivity index (χ4n) is 3.18. The van der Waals surface area contributed by atoms with Gasteiger partial charge in [-0.05, 0) is 37.1 Å². The lowest BCUT2D eigenvalue weighted by atomic mass is 10.0. The molecule has 2 aromatic carbocycles. The predicted octanol–water partition coefficient (Wildman–Crippen LogP) is 2.32. The summed E-state index contributed by atoms with van der Waals surface area (Å²) in [4.78, 5) is 14.4. The lowest BCUT2D eigenvalue weighted by Gasteiger charge is -2.33. The van der Waals surface area contributed by atoms with E-state index < -0.39 is 6.10 Å². The average Bonchev–Trinajstić information content (AvgIpc) is 2.69. The van der Waals surface area contributed by atoms with Crippen LogP contribution < -0.4 is 10.1 Å². The fourth-order valence-corrected chi connectivity index (χ4v) is 3.18. The lowest BCUT2D eigenvalue weighted by molar-refractivity contribution is 0.0568. The SMILES string of the molecule is O=C(NC1CCN(C[C@@H](O)COc2ccccc2)CC1)c1ccccc1. The largest absolute Gasteiger partial charge is 0.491 e. The Morgan fingerprint density at radius 1 is 1.08 bits per heavy atom. The van der Waals surface area contributed by atoms with Crippen molar-refractivity contribution in [3.8, 4) is 5.75 Å². The first-order chi connectivity index (χ1) is 12.7. The second-order valence-corrected chi connectivity index (χ2v) is 6.69. The summed E-state index contributed by atoms with van der Waals surface area (Å²) in [7, 11) is 0.